The number of esters is 1. The number of methoxy groups -OCH3 is 2. The number of aromatic hydroxyl groups is 1. The van der Waals surface area contributed by atoms with Crippen LogP contribution in [-0.4, -0.2) is 60.5 Å². The van der Waals surface area contributed by atoms with E-state index in [4.69, 9.17) is 19.2 Å². The van der Waals surface area contributed by atoms with Crippen LogP contribution in [0.3, 0.4) is 0 Å². The molecule has 9 nitrogen and oxygen atoms in total. The standard InChI is InChI=1S/C23H25N3O6/c1-4-32-22(29)19-20(14-9-10-17(27)18(13-14)31-3)26-16-8-6-5-7-15(16)24-23(26)25(21(19)28)11-12-30-2/h5-10,13,19-20,27H,4,11-12H2,1-3H3/t19-,20+/m1/s1. The largest absolute Gasteiger partial charge is 0.504 e. The van der Waals surface area contributed by atoms with E-state index in [1.54, 1.807) is 26.2 Å². The van der Waals surface area contributed by atoms with E-state index >= 15 is 0 Å². The summed E-state index contributed by atoms with van der Waals surface area (Å²) in [5.74, 6) is -1.56. The van der Waals surface area contributed by atoms with Crippen molar-refractivity contribution in [1.29, 1.82) is 0 Å². The molecule has 0 radical (unpaired) electrons. The monoisotopic (exact) mass is 439 g/mol. The molecule has 0 spiro atoms. The summed E-state index contributed by atoms with van der Waals surface area (Å²) in [7, 11) is 2.99. The number of fused-ring (bicyclic) bond motifs is 3. The van der Waals surface area contributed by atoms with Crippen LogP contribution in [0.15, 0.2) is 42.5 Å². The molecule has 1 aromatic heterocycles. The molecule has 4 rings (SSSR count). The van der Waals surface area contributed by atoms with Crippen LogP contribution in [0.1, 0.15) is 18.5 Å². The third-order valence-corrected chi connectivity index (χ3v) is 5.55. The summed E-state index contributed by atoms with van der Waals surface area (Å²) in [6.45, 7) is 2.36. The molecule has 0 saturated heterocycles. The van der Waals surface area contributed by atoms with Crippen LogP contribution in [-0.2, 0) is 19.1 Å². The molecule has 0 fully saturated rings. The van der Waals surface area contributed by atoms with E-state index in [0.717, 1.165) is 5.52 Å². The van der Waals surface area contributed by atoms with Gasteiger partial charge in [-0.15, -0.1) is 0 Å². The number of anilines is 1. The molecule has 0 unspecified atom stereocenters. The Labute approximate surface area is 185 Å². The third-order valence-electron chi connectivity index (χ3n) is 5.55. The molecule has 1 aliphatic rings. The van der Waals surface area contributed by atoms with Crippen LogP contribution in [0.4, 0.5) is 5.95 Å². The van der Waals surface area contributed by atoms with E-state index in [1.165, 1.54) is 18.1 Å². The Bertz CT molecular complexity index is 1160. The Morgan fingerprint density at radius 3 is 2.69 bits per heavy atom. The van der Waals surface area contributed by atoms with Crippen molar-refractivity contribution in [2.75, 3.05) is 38.9 Å². The van der Waals surface area contributed by atoms with Crippen molar-refractivity contribution in [3.63, 3.8) is 0 Å². The molecule has 2 aromatic carbocycles. The Hall–Kier alpha value is -3.59. The fourth-order valence-corrected chi connectivity index (χ4v) is 4.12. The number of carbonyl (C=O) groups excluding carboxylic acids is 2. The lowest BCUT2D eigenvalue weighted by molar-refractivity contribution is -0.153. The van der Waals surface area contributed by atoms with Gasteiger partial charge >= 0.3 is 5.97 Å². The topological polar surface area (TPSA) is 103 Å². The maximum absolute atomic E-state index is 13.6. The number of para-hydroxylation sites is 2. The number of rotatable bonds is 7. The molecule has 1 aliphatic heterocycles. The van der Waals surface area contributed by atoms with Crippen molar-refractivity contribution in [1.82, 2.24) is 9.55 Å². The molecular weight excluding hydrogens is 414 g/mol. The highest BCUT2D eigenvalue weighted by atomic mass is 16.5. The lowest BCUT2D eigenvalue weighted by Crippen LogP contribution is -2.51. The normalized spacial score (nSPS) is 18.0. The second kappa shape index (κ2) is 8.88. The van der Waals surface area contributed by atoms with Crippen molar-refractivity contribution in [2.24, 2.45) is 5.92 Å². The molecule has 3 aromatic rings. The molecular formula is C23H25N3O6. The minimum Gasteiger partial charge on any atom is -0.504 e. The number of phenolic OH excluding ortho intramolecular Hbond substituents is 1. The van der Waals surface area contributed by atoms with Crippen molar-refractivity contribution in [3.05, 3.63) is 48.0 Å². The number of hydrogen-bond donors (Lipinski definition) is 1. The fourth-order valence-electron chi connectivity index (χ4n) is 4.12. The zero-order valence-corrected chi connectivity index (χ0v) is 18.1. The van der Waals surface area contributed by atoms with Gasteiger partial charge in [-0.25, -0.2) is 4.98 Å². The van der Waals surface area contributed by atoms with Crippen LogP contribution in [0.2, 0.25) is 0 Å². The fraction of sp³-hybridized carbons (Fsp3) is 0.348. The van der Waals surface area contributed by atoms with E-state index in [9.17, 15) is 14.7 Å². The molecule has 168 valence electrons. The predicted octanol–water partition coefficient (Wildman–Crippen LogP) is 2.51. The van der Waals surface area contributed by atoms with Crippen molar-refractivity contribution < 1.29 is 28.9 Å². The second-order valence-electron chi connectivity index (χ2n) is 7.36. The van der Waals surface area contributed by atoms with Gasteiger partial charge < -0.3 is 23.9 Å². The number of phenols is 1. The first-order valence-corrected chi connectivity index (χ1v) is 10.3. The number of carbonyl (C=O) groups is 2. The van der Waals surface area contributed by atoms with Gasteiger partial charge in [0.25, 0.3) is 0 Å². The van der Waals surface area contributed by atoms with Gasteiger partial charge in [0.15, 0.2) is 17.4 Å². The van der Waals surface area contributed by atoms with Crippen molar-refractivity contribution in [3.8, 4) is 11.5 Å². The first kappa shape index (κ1) is 21.6. The Kier molecular flexibility index (Phi) is 6.00. The van der Waals surface area contributed by atoms with E-state index in [0.29, 0.717) is 17.0 Å². The average molecular weight is 439 g/mol. The van der Waals surface area contributed by atoms with Gasteiger partial charge in [-0.1, -0.05) is 18.2 Å². The minimum absolute atomic E-state index is 0.0384. The lowest BCUT2D eigenvalue weighted by Gasteiger charge is -2.37. The van der Waals surface area contributed by atoms with Crippen molar-refractivity contribution >= 4 is 28.9 Å². The number of amides is 1. The van der Waals surface area contributed by atoms with E-state index in [1.807, 2.05) is 28.8 Å². The summed E-state index contributed by atoms with van der Waals surface area (Å²) < 4.78 is 17.6. The minimum atomic E-state index is -1.15. The Morgan fingerprint density at radius 1 is 1.19 bits per heavy atom. The third kappa shape index (κ3) is 3.54. The molecule has 0 saturated carbocycles. The number of benzene rings is 2. The van der Waals surface area contributed by atoms with Gasteiger partial charge in [-0.3, -0.25) is 14.5 Å². The molecule has 0 aliphatic carbocycles. The lowest BCUT2D eigenvalue weighted by atomic mass is 9.89. The number of ether oxygens (including phenoxy) is 3. The maximum atomic E-state index is 13.6. The predicted molar refractivity (Wildman–Crippen MR) is 117 cm³/mol. The number of hydrogen-bond acceptors (Lipinski definition) is 7. The van der Waals surface area contributed by atoms with Crippen LogP contribution in [0, 0.1) is 5.92 Å². The van der Waals surface area contributed by atoms with Crippen LogP contribution < -0.4 is 9.64 Å². The maximum Gasteiger partial charge on any atom is 0.321 e. The summed E-state index contributed by atoms with van der Waals surface area (Å²) in [6, 6.07) is 11.5. The first-order valence-electron chi connectivity index (χ1n) is 10.3. The Morgan fingerprint density at radius 2 is 1.97 bits per heavy atom. The molecule has 32 heavy (non-hydrogen) atoms. The molecule has 2 atom stereocenters. The van der Waals surface area contributed by atoms with Gasteiger partial charge in [-0.2, -0.15) is 0 Å². The summed E-state index contributed by atoms with van der Waals surface area (Å²) in [4.78, 5) is 32.9. The zero-order chi connectivity index (χ0) is 22.8. The smallest absolute Gasteiger partial charge is 0.321 e. The highest BCUT2D eigenvalue weighted by molar-refractivity contribution is 6.08. The van der Waals surface area contributed by atoms with E-state index in [2.05, 4.69) is 0 Å². The Balaban J connectivity index is 1.99. The number of aromatic nitrogens is 2. The van der Waals surface area contributed by atoms with Gasteiger partial charge in [0.2, 0.25) is 11.9 Å². The van der Waals surface area contributed by atoms with Crippen molar-refractivity contribution in [2.45, 2.75) is 13.0 Å². The quantitative estimate of drug-likeness (QED) is 0.446. The summed E-state index contributed by atoms with van der Waals surface area (Å²) in [5.41, 5.74) is 2.07. The van der Waals surface area contributed by atoms with Gasteiger partial charge in [0.05, 0.1) is 43.9 Å². The molecule has 1 N–H and O–H groups in total. The van der Waals surface area contributed by atoms with Crippen LogP contribution >= 0.6 is 0 Å². The molecule has 0 bridgehead atoms. The van der Waals surface area contributed by atoms with Crippen LogP contribution in [0.5, 0.6) is 11.5 Å². The highest BCUT2D eigenvalue weighted by Crippen LogP contribution is 2.42. The summed E-state index contributed by atoms with van der Waals surface area (Å²) >= 11 is 0. The molecule has 2 heterocycles. The summed E-state index contributed by atoms with van der Waals surface area (Å²) in [5, 5.41) is 10.1. The van der Waals surface area contributed by atoms with E-state index in [-0.39, 0.29) is 31.3 Å². The average Bonchev–Trinajstić information content (AvgIpc) is 3.17. The zero-order valence-electron chi connectivity index (χ0n) is 18.1. The van der Waals surface area contributed by atoms with Gasteiger partial charge in [0, 0.05) is 7.11 Å². The summed E-state index contributed by atoms with van der Waals surface area (Å²) in [6.07, 6.45) is 0. The second-order valence-corrected chi connectivity index (χ2v) is 7.36. The molecule has 9 heteroatoms. The number of imidazole rings is 1. The highest BCUT2D eigenvalue weighted by Gasteiger charge is 2.47. The number of nitrogens with zero attached hydrogens (tertiary/aromatic N) is 3. The first-order chi connectivity index (χ1) is 15.5. The van der Waals surface area contributed by atoms with Gasteiger partial charge in [0.1, 0.15) is 0 Å². The molecule has 1 amide bonds. The SMILES string of the molecule is CCOC(=O)[C@H]1C(=O)N(CCOC)c2nc3ccccc3n2[C@H]1c1ccc(O)c(OC)c1. The van der Waals surface area contributed by atoms with Crippen LogP contribution in [0.25, 0.3) is 11.0 Å². The van der Waals surface area contributed by atoms with E-state index < -0.39 is 23.8 Å². The van der Waals surface area contributed by atoms with Gasteiger partial charge in [-0.05, 0) is 36.8 Å².